The molecule has 4 aliphatic rings. The first-order valence-corrected chi connectivity index (χ1v) is 16.7. The highest BCUT2D eigenvalue weighted by Gasteiger charge is 2.69. The molecule has 43 heavy (non-hydrogen) atoms. The molecule has 0 spiro atoms. The first kappa shape index (κ1) is 34.0. The van der Waals surface area contributed by atoms with Crippen LogP contribution >= 0.6 is 0 Å². The number of ether oxygens (including phenoxy) is 3. The van der Waals surface area contributed by atoms with Gasteiger partial charge in [0, 0.05) is 38.0 Å². The van der Waals surface area contributed by atoms with E-state index in [1.54, 1.807) is 0 Å². The van der Waals surface area contributed by atoms with Gasteiger partial charge in [0.05, 0.1) is 12.2 Å². The first-order valence-electron chi connectivity index (χ1n) is 16.7. The van der Waals surface area contributed by atoms with Gasteiger partial charge in [-0.2, -0.15) is 0 Å². The Morgan fingerprint density at radius 3 is 2.23 bits per heavy atom. The van der Waals surface area contributed by atoms with Crippen LogP contribution in [0.1, 0.15) is 127 Å². The molecule has 244 valence electrons. The summed E-state index contributed by atoms with van der Waals surface area (Å²) in [5.41, 5.74) is -0.316. The number of hydrogen-bond donors (Lipinski definition) is 1. The van der Waals surface area contributed by atoms with Crippen LogP contribution in [0.15, 0.2) is 11.6 Å². The van der Waals surface area contributed by atoms with Crippen molar-refractivity contribution in [2.45, 2.75) is 145 Å². The molecule has 9 atom stereocenters. The predicted octanol–water partition coefficient (Wildman–Crippen LogP) is 7.19. The van der Waals surface area contributed by atoms with Gasteiger partial charge < -0.3 is 19.3 Å². The van der Waals surface area contributed by atoms with E-state index in [0.717, 1.165) is 44.9 Å². The maximum Gasteiger partial charge on any atom is 0.302 e. The number of aliphatic hydroxyl groups is 1. The van der Waals surface area contributed by atoms with Gasteiger partial charge in [0.2, 0.25) is 0 Å². The summed E-state index contributed by atoms with van der Waals surface area (Å²) < 4.78 is 17.5. The summed E-state index contributed by atoms with van der Waals surface area (Å²) >= 11 is 0. The summed E-state index contributed by atoms with van der Waals surface area (Å²) in [6, 6.07) is 0. The molecule has 2 unspecified atom stereocenters. The minimum atomic E-state index is -1.11. The molecule has 4 rings (SSSR count). The lowest BCUT2D eigenvalue weighted by Crippen LogP contribution is -2.60. The number of hydrogen-bond acceptors (Lipinski definition) is 7. The van der Waals surface area contributed by atoms with Crippen LogP contribution in [0, 0.1) is 45.3 Å². The van der Waals surface area contributed by atoms with Crippen LogP contribution in [0.3, 0.4) is 0 Å². The quantitative estimate of drug-likeness (QED) is 0.169. The van der Waals surface area contributed by atoms with Crippen LogP contribution in [0.5, 0.6) is 0 Å². The number of carbonyl (C=O) groups is 3. The van der Waals surface area contributed by atoms with Crippen molar-refractivity contribution in [2.75, 3.05) is 6.61 Å². The highest BCUT2D eigenvalue weighted by Crippen LogP contribution is 2.73. The van der Waals surface area contributed by atoms with Gasteiger partial charge in [-0.15, -0.1) is 0 Å². The fraction of sp³-hybridized carbons (Fsp3) is 0.861. The lowest BCUT2D eigenvalue weighted by atomic mass is 9.40. The Labute approximate surface area is 259 Å². The van der Waals surface area contributed by atoms with Crippen molar-refractivity contribution in [1.82, 2.24) is 0 Å². The van der Waals surface area contributed by atoms with E-state index >= 15 is 0 Å². The van der Waals surface area contributed by atoms with E-state index in [1.165, 1.54) is 26.3 Å². The predicted molar refractivity (Wildman–Crippen MR) is 166 cm³/mol. The van der Waals surface area contributed by atoms with E-state index in [4.69, 9.17) is 14.2 Å². The smallest absolute Gasteiger partial charge is 0.302 e. The molecule has 0 aromatic rings. The number of fused-ring (bicyclic) bond motifs is 5. The van der Waals surface area contributed by atoms with Gasteiger partial charge in [-0.3, -0.25) is 14.4 Å². The largest absolute Gasteiger partial charge is 0.465 e. The van der Waals surface area contributed by atoms with Crippen molar-refractivity contribution in [3.8, 4) is 0 Å². The van der Waals surface area contributed by atoms with Crippen molar-refractivity contribution >= 4 is 17.9 Å². The number of rotatable bonds is 9. The van der Waals surface area contributed by atoms with Crippen LogP contribution in [0.25, 0.3) is 0 Å². The normalized spacial score (nSPS) is 38.5. The molecule has 3 saturated carbocycles. The van der Waals surface area contributed by atoms with E-state index in [0.29, 0.717) is 30.6 Å². The molecule has 0 saturated heterocycles. The van der Waals surface area contributed by atoms with Crippen molar-refractivity contribution in [1.29, 1.82) is 0 Å². The average Bonchev–Trinajstić information content (AvgIpc) is 3.17. The molecule has 0 bridgehead atoms. The lowest BCUT2D eigenvalue weighted by molar-refractivity contribution is -0.180. The minimum absolute atomic E-state index is 0.00202. The second kappa shape index (κ2) is 11.8. The van der Waals surface area contributed by atoms with Crippen LogP contribution in [-0.2, 0) is 28.6 Å². The standard InChI is InChI=1S/C36H58O7/c1-22(2)19-26(42-24(4)38)20-35(10,40)30-14-17-34(9)28-11-12-29-32(6,7)31(43-25(5)39)15-16-33(29,8)27(28)13-18-36(30,34)21-41-23(3)37/h13,22,26,28-31,40H,11-12,14-21H2,1-10H3/t26?,28-,29+,30-,31+,33-,34+,35?,36+/m1/s1. The number of carbonyl (C=O) groups excluding carboxylic acids is 3. The van der Waals surface area contributed by atoms with Gasteiger partial charge in [0.25, 0.3) is 0 Å². The molecule has 0 aromatic heterocycles. The molecule has 0 heterocycles. The zero-order valence-electron chi connectivity index (χ0n) is 28.5. The van der Waals surface area contributed by atoms with Gasteiger partial charge >= 0.3 is 17.9 Å². The van der Waals surface area contributed by atoms with Crippen LogP contribution in [0.2, 0.25) is 0 Å². The number of esters is 3. The Kier molecular flexibility index (Phi) is 9.33. The van der Waals surface area contributed by atoms with Gasteiger partial charge in [-0.1, -0.05) is 53.2 Å². The average molecular weight is 603 g/mol. The molecule has 0 radical (unpaired) electrons. The molecular formula is C36H58O7. The Hall–Kier alpha value is -1.89. The Balaban J connectivity index is 1.73. The summed E-state index contributed by atoms with van der Waals surface area (Å²) in [7, 11) is 0. The van der Waals surface area contributed by atoms with Crippen molar-refractivity contribution in [3.63, 3.8) is 0 Å². The van der Waals surface area contributed by atoms with E-state index in [2.05, 4.69) is 47.6 Å². The molecule has 7 heteroatoms. The van der Waals surface area contributed by atoms with Crippen molar-refractivity contribution < 1.29 is 33.7 Å². The number of allylic oxidation sites excluding steroid dienone is 2. The molecule has 7 nitrogen and oxygen atoms in total. The zero-order chi connectivity index (χ0) is 32.2. The molecule has 3 fully saturated rings. The summed E-state index contributed by atoms with van der Waals surface area (Å²) in [6.45, 7) is 20.2. The molecule has 0 aromatic carbocycles. The highest BCUT2D eigenvalue weighted by molar-refractivity contribution is 5.66. The summed E-state index contributed by atoms with van der Waals surface area (Å²) in [5, 5.41) is 12.3. The van der Waals surface area contributed by atoms with Gasteiger partial charge in [-0.05, 0) is 92.8 Å². The van der Waals surface area contributed by atoms with Crippen LogP contribution < -0.4 is 0 Å². The van der Waals surface area contributed by atoms with Gasteiger partial charge in [0.1, 0.15) is 12.2 Å². The maximum atomic E-state index is 12.3. The first-order chi connectivity index (χ1) is 19.8. The summed E-state index contributed by atoms with van der Waals surface area (Å²) in [5.74, 6) is 0.0909. The maximum absolute atomic E-state index is 12.3. The van der Waals surface area contributed by atoms with Crippen molar-refractivity contribution in [2.24, 2.45) is 45.3 Å². The third-order valence-electron chi connectivity index (χ3n) is 12.7. The fourth-order valence-electron chi connectivity index (χ4n) is 10.9. The topological polar surface area (TPSA) is 99.1 Å². The molecule has 0 amide bonds. The molecule has 4 aliphatic carbocycles. The Morgan fingerprint density at radius 1 is 0.977 bits per heavy atom. The van der Waals surface area contributed by atoms with E-state index in [1.807, 2.05) is 6.92 Å². The SMILES string of the molecule is CC(=O)OC[C@]12CC=C3[C@@H](CC[C@H]4C(C)(C)[C@@H](OC(C)=O)CC[C@]34C)[C@]1(C)CC[C@@H]2C(C)(O)CC(CC(C)C)OC(C)=O. The lowest BCUT2D eigenvalue weighted by Gasteiger charge is -2.64. The van der Waals surface area contributed by atoms with Crippen LogP contribution in [0.4, 0.5) is 0 Å². The minimum Gasteiger partial charge on any atom is -0.465 e. The van der Waals surface area contributed by atoms with Crippen LogP contribution in [-0.4, -0.2) is 47.4 Å². The fourth-order valence-corrected chi connectivity index (χ4v) is 10.9. The molecular weight excluding hydrogens is 544 g/mol. The monoisotopic (exact) mass is 602 g/mol. The van der Waals surface area contributed by atoms with Crippen molar-refractivity contribution in [3.05, 3.63) is 11.6 Å². The third kappa shape index (κ3) is 5.93. The third-order valence-corrected chi connectivity index (χ3v) is 12.7. The van der Waals surface area contributed by atoms with Gasteiger partial charge in [0.15, 0.2) is 0 Å². The second-order valence-corrected chi connectivity index (χ2v) is 16.3. The Bertz CT molecular complexity index is 1120. The summed E-state index contributed by atoms with van der Waals surface area (Å²) in [6.07, 6.45) is 9.47. The van der Waals surface area contributed by atoms with E-state index < -0.39 is 11.0 Å². The summed E-state index contributed by atoms with van der Waals surface area (Å²) in [4.78, 5) is 36.2. The zero-order valence-corrected chi connectivity index (χ0v) is 28.5. The molecule has 0 aliphatic heterocycles. The van der Waals surface area contributed by atoms with E-state index in [-0.39, 0.29) is 58.9 Å². The van der Waals surface area contributed by atoms with E-state index in [9.17, 15) is 19.5 Å². The van der Waals surface area contributed by atoms with Gasteiger partial charge in [-0.25, -0.2) is 0 Å². The second-order valence-electron chi connectivity index (χ2n) is 16.3. The Morgan fingerprint density at radius 2 is 1.65 bits per heavy atom. The molecule has 1 N–H and O–H groups in total. The highest BCUT2D eigenvalue weighted by atomic mass is 16.5.